The third-order valence-electron chi connectivity index (χ3n) is 2.09. The fraction of sp³-hybridized carbons (Fsp3) is 0.200. The van der Waals surface area contributed by atoms with E-state index < -0.39 is 0 Å². The number of benzene rings is 1. The highest BCUT2D eigenvalue weighted by atomic mass is 79.9. The average Bonchev–Trinajstić information content (AvgIpc) is 2.22. The number of hydrogen-bond acceptors (Lipinski definition) is 3. The molecule has 1 aliphatic rings. The molecule has 1 aromatic rings. The number of anilines is 1. The summed E-state index contributed by atoms with van der Waals surface area (Å²) in [6.45, 7) is 0.119. The summed E-state index contributed by atoms with van der Waals surface area (Å²) in [4.78, 5) is 14.1. The molecule has 1 aliphatic heterocycles. The van der Waals surface area contributed by atoms with E-state index in [1.165, 1.54) is 16.7 Å². The van der Waals surface area contributed by atoms with Crippen LogP contribution in [0.25, 0.3) is 0 Å². The maximum Gasteiger partial charge on any atom is 0.238 e. The standard InChI is InChI=1S/C10H7BrN2OS/c11-7-1-2-8-9(5-7)15-6-10(14)13(8)4-3-12/h1-2,5H,4,6H2. The second-order valence-electron chi connectivity index (χ2n) is 3.04. The molecule has 15 heavy (non-hydrogen) atoms. The van der Waals surface area contributed by atoms with Crippen LogP contribution in [-0.2, 0) is 4.79 Å². The maximum absolute atomic E-state index is 11.6. The molecule has 0 fully saturated rings. The van der Waals surface area contributed by atoms with Crippen molar-refractivity contribution in [2.45, 2.75) is 4.90 Å². The predicted molar refractivity (Wildman–Crippen MR) is 62.8 cm³/mol. The summed E-state index contributed by atoms with van der Waals surface area (Å²) >= 11 is 4.89. The van der Waals surface area contributed by atoms with Gasteiger partial charge in [0.1, 0.15) is 6.54 Å². The summed E-state index contributed by atoms with van der Waals surface area (Å²) in [7, 11) is 0. The lowest BCUT2D eigenvalue weighted by atomic mass is 10.2. The van der Waals surface area contributed by atoms with Crippen molar-refractivity contribution in [2.24, 2.45) is 0 Å². The zero-order chi connectivity index (χ0) is 10.8. The van der Waals surface area contributed by atoms with Gasteiger partial charge in [0.25, 0.3) is 0 Å². The summed E-state index contributed by atoms with van der Waals surface area (Å²) in [6.07, 6.45) is 0. The second-order valence-corrected chi connectivity index (χ2v) is 4.97. The Labute approximate surface area is 100 Å². The second kappa shape index (κ2) is 4.25. The Kier molecular flexibility index (Phi) is 2.98. The molecule has 0 radical (unpaired) electrons. The van der Waals surface area contributed by atoms with Gasteiger partial charge in [-0.05, 0) is 18.2 Å². The number of nitriles is 1. The zero-order valence-corrected chi connectivity index (χ0v) is 10.1. The minimum absolute atomic E-state index is 0.00336. The molecule has 0 aliphatic carbocycles. The lowest BCUT2D eigenvalue weighted by Crippen LogP contribution is -2.35. The summed E-state index contributed by atoms with van der Waals surface area (Å²) in [5.41, 5.74) is 0.834. The lowest BCUT2D eigenvalue weighted by molar-refractivity contribution is -0.116. The van der Waals surface area contributed by atoms with Crippen molar-refractivity contribution >= 4 is 39.3 Å². The molecule has 0 saturated carbocycles. The number of carbonyl (C=O) groups excluding carboxylic acids is 1. The number of hydrogen-bond donors (Lipinski definition) is 0. The molecule has 1 amide bonds. The fourth-order valence-corrected chi connectivity index (χ4v) is 2.91. The van der Waals surface area contributed by atoms with Crippen molar-refractivity contribution in [1.29, 1.82) is 5.26 Å². The van der Waals surface area contributed by atoms with Gasteiger partial charge in [-0.15, -0.1) is 11.8 Å². The van der Waals surface area contributed by atoms with Crippen LogP contribution in [0.2, 0.25) is 0 Å². The minimum atomic E-state index is -0.00336. The van der Waals surface area contributed by atoms with Crippen molar-refractivity contribution in [3.63, 3.8) is 0 Å². The first-order chi connectivity index (χ1) is 7.22. The quantitative estimate of drug-likeness (QED) is 0.743. The number of fused-ring (bicyclic) bond motifs is 1. The number of carbonyl (C=O) groups is 1. The van der Waals surface area contributed by atoms with Gasteiger partial charge in [-0.25, -0.2) is 0 Å². The van der Waals surface area contributed by atoms with Gasteiger partial charge in [0, 0.05) is 9.37 Å². The van der Waals surface area contributed by atoms with Gasteiger partial charge in [-0.1, -0.05) is 15.9 Å². The Morgan fingerprint density at radius 3 is 3.13 bits per heavy atom. The van der Waals surface area contributed by atoms with Crippen LogP contribution in [-0.4, -0.2) is 18.2 Å². The number of nitrogens with zero attached hydrogens (tertiary/aromatic N) is 2. The van der Waals surface area contributed by atoms with Gasteiger partial charge < -0.3 is 0 Å². The molecule has 2 rings (SSSR count). The predicted octanol–water partition coefficient (Wildman–Crippen LogP) is 2.41. The van der Waals surface area contributed by atoms with Crippen LogP contribution in [0.1, 0.15) is 0 Å². The molecule has 0 spiro atoms. The Balaban J connectivity index is 2.44. The van der Waals surface area contributed by atoms with Crippen molar-refractivity contribution in [2.75, 3.05) is 17.2 Å². The van der Waals surface area contributed by atoms with Crippen molar-refractivity contribution in [1.82, 2.24) is 0 Å². The Bertz CT molecular complexity index is 455. The lowest BCUT2D eigenvalue weighted by Gasteiger charge is -2.26. The highest BCUT2D eigenvalue weighted by Crippen LogP contribution is 2.36. The van der Waals surface area contributed by atoms with Gasteiger partial charge in [0.05, 0.1) is 17.5 Å². The van der Waals surface area contributed by atoms with E-state index in [0.717, 1.165) is 15.1 Å². The van der Waals surface area contributed by atoms with E-state index in [2.05, 4.69) is 15.9 Å². The number of thioether (sulfide) groups is 1. The monoisotopic (exact) mass is 282 g/mol. The molecular formula is C10H7BrN2OS. The molecule has 0 saturated heterocycles. The Morgan fingerprint density at radius 2 is 2.40 bits per heavy atom. The van der Waals surface area contributed by atoms with Crippen LogP contribution >= 0.6 is 27.7 Å². The molecule has 0 unspecified atom stereocenters. The topological polar surface area (TPSA) is 44.1 Å². The van der Waals surface area contributed by atoms with E-state index in [0.29, 0.717) is 5.75 Å². The Hall–Kier alpha value is -0.990. The molecule has 0 aromatic heterocycles. The van der Waals surface area contributed by atoms with Crippen LogP contribution in [0, 0.1) is 11.3 Å². The molecule has 76 valence electrons. The largest absolute Gasteiger partial charge is 0.297 e. The molecule has 0 atom stereocenters. The van der Waals surface area contributed by atoms with E-state index >= 15 is 0 Å². The summed E-state index contributed by atoms with van der Waals surface area (Å²) < 4.78 is 0.986. The minimum Gasteiger partial charge on any atom is -0.297 e. The maximum atomic E-state index is 11.6. The smallest absolute Gasteiger partial charge is 0.238 e. The number of amides is 1. The third kappa shape index (κ3) is 2.01. The van der Waals surface area contributed by atoms with Gasteiger partial charge in [0.2, 0.25) is 5.91 Å². The van der Waals surface area contributed by atoms with Crippen molar-refractivity contribution in [3.8, 4) is 6.07 Å². The van der Waals surface area contributed by atoms with E-state index in [1.807, 2.05) is 24.3 Å². The van der Waals surface area contributed by atoms with E-state index in [4.69, 9.17) is 5.26 Å². The van der Waals surface area contributed by atoms with Gasteiger partial charge in [-0.3, -0.25) is 9.69 Å². The first-order valence-corrected chi connectivity index (χ1v) is 6.10. The molecule has 3 nitrogen and oxygen atoms in total. The number of rotatable bonds is 1. The van der Waals surface area contributed by atoms with Crippen molar-refractivity contribution in [3.05, 3.63) is 22.7 Å². The van der Waals surface area contributed by atoms with Crippen LogP contribution in [0.15, 0.2) is 27.6 Å². The van der Waals surface area contributed by atoms with Gasteiger partial charge in [-0.2, -0.15) is 5.26 Å². The molecule has 1 heterocycles. The molecule has 0 N–H and O–H groups in total. The van der Waals surface area contributed by atoms with Crippen LogP contribution in [0.4, 0.5) is 5.69 Å². The van der Waals surface area contributed by atoms with E-state index in [1.54, 1.807) is 0 Å². The van der Waals surface area contributed by atoms with E-state index in [-0.39, 0.29) is 12.5 Å². The summed E-state index contributed by atoms with van der Waals surface area (Å²) in [5.74, 6) is 0.405. The molecule has 5 heteroatoms. The van der Waals surface area contributed by atoms with Crippen LogP contribution < -0.4 is 4.90 Å². The SMILES string of the molecule is N#CCN1C(=O)CSc2cc(Br)ccc21. The third-order valence-corrected chi connectivity index (χ3v) is 3.62. The zero-order valence-electron chi connectivity index (χ0n) is 7.74. The average molecular weight is 283 g/mol. The van der Waals surface area contributed by atoms with E-state index in [9.17, 15) is 4.79 Å². The molecule has 1 aromatic carbocycles. The van der Waals surface area contributed by atoms with Crippen LogP contribution in [0.5, 0.6) is 0 Å². The Morgan fingerprint density at radius 1 is 1.60 bits per heavy atom. The molecule has 0 bridgehead atoms. The highest BCUT2D eigenvalue weighted by Gasteiger charge is 2.24. The van der Waals surface area contributed by atoms with Crippen LogP contribution in [0.3, 0.4) is 0 Å². The number of halogens is 1. The normalized spacial score (nSPS) is 14.7. The van der Waals surface area contributed by atoms with Crippen molar-refractivity contribution < 1.29 is 4.79 Å². The molecular weight excluding hydrogens is 276 g/mol. The summed E-state index contributed by atoms with van der Waals surface area (Å²) in [6, 6.07) is 7.72. The summed E-state index contributed by atoms with van der Waals surface area (Å²) in [5, 5.41) is 8.66. The highest BCUT2D eigenvalue weighted by molar-refractivity contribution is 9.10. The first kappa shape index (κ1) is 10.5. The fourth-order valence-electron chi connectivity index (χ4n) is 1.42. The first-order valence-electron chi connectivity index (χ1n) is 4.32. The van der Waals surface area contributed by atoms with Gasteiger partial charge in [0.15, 0.2) is 0 Å². The van der Waals surface area contributed by atoms with Gasteiger partial charge >= 0.3 is 0 Å².